The van der Waals surface area contributed by atoms with Gasteiger partial charge in [-0.1, -0.05) is 0 Å². The van der Waals surface area contributed by atoms with Crippen LogP contribution in [-0.2, 0) is 52.0 Å². The van der Waals surface area contributed by atoms with Gasteiger partial charge < -0.3 is 53.7 Å². The van der Waals surface area contributed by atoms with Crippen molar-refractivity contribution < 1.29 is 76.7 Å². The lowest BCUT2D eigenvalue weighted by Crippen LogP contribution is -2.34. The fraction of sp³-hybridized carbons (Fsp3) is 0.826. The molecule has 1 heterocycles. The van der Waals surface area contributed by atoms with E-state index < -0.39 is 32.6 Å². The summed E-state index contributed by atoms with van der Waals surface area (Å²) in [6.07, 6.45) is -0.820. The minimum atomic E-state index is -5.52. The molecule has 3 amide bonds. The largest absolute Gasteiger partial charge is 0.379 e. The van der Waals surface area contributed by atoms with Crippen molar-refractivity contribution in [2.45, 2.75) is 43.6 Å². The molecule has 0 unspecified atom stereocenters. The van der Waals surface area contributed by atoms with Crippen molar-refractivity contribution in [3.8, 4) is 0 Å². The summed E-state index contributed by atoms with van der Waals surface area (Å²) in [6.45, 7) is 2.24. The number of hydrogen-bond donors (Lipinski definition) is 6. The molecule has 20 heteroatoms. The standard InChI is InChI=1S/C23H42N2O16P2/c26-19(18-25-21(28)2-3-22(25)29)4-8-37-10-12-39-14-16-41-17-15-40-13-11-38-9-5-20(27)24-7-1-6-23(30,42(31,32)33)43(34,35)36/h30H,1-18H2,(H,24,27)(H2,31,32,33)(H2,34,35,36). The van der Waals surface area contributed by atoms with Crippen molar-refractivity contribution in [3.05, 3.63) is 0 Å². The van der Waals surface area contributed by atoms with Gasteiger partial charge >= 0.3 is 15.2 Å². The van der Waals surface area contributed by atoms with E-state index in [0.717, 1.165) is 4.90 Å². The van der Waals surface area contributed by atoms with Crippen molar-refractivity contribution >= 4 is 38.7 Å². The van der Waals surface area contributed by atoms with E-state index in [0.29, 0.717) is 33.0 Å². The van der Waals surface area contributed by atoms with Gasteiger partial charge in [0, 0.05) is 38.6 Å². The first-order valence-corrected chi connectivity index (χ1v) is 16.8. The zero-order chi connectivity index (χ0) is 32.4. The molecule has 1 aliphatic rings. The predicted octanol–water partition coefficient (Wildman–Crippen LogP) is -1.53. The van der Waals surface area contributed by atoms with Crippen molar-refractivity contribution in [1.29, 1.82) is 0 Å². The Balaban J connectivity index is 1.87. The maximum absolute atomic E-state index is 11.8. The Hall–Kier alpha value is -1.66. The Labute approximate surface area is 248 Å². The van der Waals surface area contributed by atoms with Crippen LogP contribution in [0.1, 0.15) is 38.5 Å². The van der Waals surface area contributed by atoms with Crippen LogP contribution >= 0.6 is 15.2 Å². The Morgan fingerprint density at radius 2 is 1.12 bits per heavy atom. The molecule has 1 saturated heterocycles. The van der Waals surface area contributed by atoms with Gasteiger partial charge in [-0.2, -0.15) is 0 Å². The van der Waals surface area contributed by atoms with Gasteiger partial charge in [-0.3, -0.25) is 33.2 Å². The zero-order valence-electron chi connectivity index (χ0n) is 23.8. The van der Waals surface area contributed by atoms with E-state index >= 15 is 0 Å². The van der Waals surface area contributed by atoms with Gasteiger partial charge in [0.25, 0.3) is 5.08 Å². The molecule has 0 atom stereocenters. The zero-order valence-corrected chi connectivity index (χ0v) is 25.6. The highest BCUT2D eigenvalue weighted by molar-refractivity contribution is 7.72. The summed E-state index contributed by atoms with van der Waals surface area (Å²) in [7, 11) is -11.0. The lowest BCUT2D eigenvalue weighted by Gasteiger charge is -2.29. The second kappa shape index (κ2) is 20.4. The maximum atomic E-state index is 11.8. The highest BCUT2D eigenvalue weighted by Gasteiger charge is 2.58. The Kier molecular flexibility index (Phi) is 18.7. The molecular formula is C23H42N2O16P2. The molecule has 0 aliphatic carbocycles. The van der Waals surface area contributed by atoms with Gasteiger partial charge in [0.05, 0.1) is 72.6 Å². The smallest absolute Gasteiger partial charge is 0.369 e. The van der Waals surface area contributed by atoms with E-state index in [1.54, 1.807) is 0 Å². The summed E-state index contributed by atoms with van der Waals surface area (Å²) in [4.78, 5) is 83.8. The lowest BCUT2D eigenvalue weighted by molar-refractivity contribution is -0.142. The number of likely N-dealkylation sites (tertiary alicyclic amines) is 1. The first kappa shape index (κ1) is 39.4. The average Bonchev–Trinajstić information content (AvgIpc) is 3.23. The van der Waals surface area contributed by atoms with Gasteiger partial charge in [-0.05, 0) is 6.42 Å². The summed E-state index contributed by atoms with van der Waals surface area (Å²) in [6, 6.07) is 0. The summed E-state index contributed by atoms with van der Waals surface area (Å²) >= 11 is 0. The summed E-state index contributed by atoms with van der Waals surface area (Å²) in [5, 5.41) is 8.64. The number of amides is 3. The highest BCUT2D eigenvalue weighted by Crippen LogP contribution is 2.69. The molecule has 0 radical (unpaired) electrons. The van der Waals surface area contributed by atoms with Crippen LogP contribution in [0.15, 0.2) is 0 Å². The van der Waals surface area contributed by atoms with E-state index in [4.69, 9.17) is 43.3 Å². The Morgan fingerprint density at radius 1 is 0.721 bits per heavy atom. The monoisotopic (exact) mass is 664 g/mol. The lowest BCUT2D eigenvalue weighted by atomic mass is 10.3. The number of rotatable bonds is 26. The van der Waals surface area contributed by atoms with Gasteiger partial charge in [0.1, 0.15) is 0 Å². The number of imide groups is 1. The molecule has 0 aromatic heterocycles. The Morgan fingerprint density at radius 3 is 1.53 bits per heavy atom. The number of Topliss-reactive ketones (excluding diaryl/α,β-unsaturated/α-hetero) is 1. The van der Waals surface area contributed by atoms with Crippen LogP contribution in [0.4, 0.5) is 0 Å². The van der Waals surface area contributed by atoms with Gasteiger partial charge in [-0.15, -0.1) is 0 Å². The molecule has 250 valence electrons. The molecule has 6 N–H and O–H groups in total. The number of ether oxygens (including phenoxy) is 5. The normalized spacial score (nSPS) is 14.5. The number of carbonyl (C=O) groups excluding carboxylic acids is 4. The molecule has 0 bridgehead atoms. The van der Waals surface area contributed by atoms with E-state index in [2.05, 4.69) is 5.32 Å². The first-order valence-electron chi connectivity index (χ1n) is 13.5. The minimum absolute atomic E-state index is 0.0312. The molecule has 0 saturated carbocycles. The summed E-state index contributed by atoms with van der Waals surface area (Å²) in [5.41, 5.74) is 0. The number of ketones is 1. The fourth-order valence-electron chi connectivity index (χ4n) is 3.49. The van der Waals surface area contributed by atoms with E-state index in [-0.39, 0.29) is 95.8 Å². The summed E-state index contributed by atoms with van der Waals surface area (Å²) in [5.74, 6) is -1.34. The fourth-order valence-corrected chi connectivity index (χ4v) is 5.75. The van der Waals surface area contributed by atoms with Crippen LogP contribution in [0.5, 0.6) is 0 Å². The van der Waals surface area contributed by atoms with Crippen molar-refractivity contribution in [1.82, 2.24) is 10.2 Å². The molecule has 0 aromatic rings. The van der Waals surface area contributed by atoms with Crippen LogP contribution in [0, 0.1) is 0 Å². The van der Waals surface area contributed by atoms with Crippen molar-refractivity contribution in [3.63, 3.8) is 0 Å². The molecule has 18 nitrogen and oxygen atoms in total. The van der Waals surface area contributed by atoms with Gasteiger partial charge in [0.2, 0.25) is 17.7 Å². The molecule has 1 rings (SSSR count). The number of hydrogen-bond acceptors (Lipinski definition) is 12. The van der Waals surface area contributed by atoms with Gasteiger partial charge in [0.15, 0.2) is 5.78 Å². The van der Waals surface area contributed by atoms with Crippen LogP contribution in [0.2, 0.25) is 0 Å². The third-order valence-corrected chi connectivity index (χ3v) is 9.80. The van der Waals surface area contributed by atoms with Crippen LogP contribution in [0.25, 0.3) is 0 Å². The highest BCUT2D eigenvalue weighted by atomic mass is 31.2. The first-order chi connectivity index (χ1) is 20.2. The summed E-state index contributed by atoms with van der Waals surface area (Å²) < 4.78 is 49.1. The molecule has 43 heavy (non-hydrogen) atoms. The molecular weight excluding hydrogens is 622 g/mol. The Bertz CT molecular complexity index is 946. The maximum Gasteiger partial charge on any atom is 0.369 e. The second-order valence-electron chi connectivity index (χ2n) is 9.29. The molecule has 1 fully saturated rings. The second-order valence-corrected chi connectivity index (χ2v) is 13.3. The topological polar surface area (TPSA) is 265 Å². The number of nitrogens with zero attached hydrogens (tertiary/aromatic N) is 1. The van der Waals surface area contributed by atoms with Gasteiger partial charge in [-0.25, -0.2) is 0 Å². The SMILES string of the molecule is O=C(CCOCCOCCOCCOCCOCCC(=O)NCCCC(O)(P(=O)(O)O)P(=O)(O)O)CN1C(=O)CCC1=O. The number of carbonyl (C=O) groups is 4. The number of aliphatic hydroxyl groups is 1. The molecule has 0 spiro atoms. The van der Waals surface area contributed by atoms with Crippen LogP contribution < -0.4 is 5.32 Å². The van der Waals surface area contributed by atoms with Crippen molar-refractivity contribution in [2.75, 3.05) is 79.2 Å². The molecule has 1 aliphatic heterocycles. The predicted molar refractivity (Wildman–Crippen MR) is 146 cm³/mol. The third kappa shape index (κ3) is 15.8. The average molecular weight is 665 g/mol. The number of nitrogens with one attached hydrogen (secondary N) is 1. The van der Waals surface area contributed by atoms with Crippen molar-refractivity contribution in [2.24, 2.45) is 0 Å². The van der Waals surface area contributed by atoms with E-state index in [9.17, 15) is 33.4 Å². The minimum Gasteiger partial charge on any atom is -0.379 e. The van der Waals surface area contributed by atoms with E-state index in [1.807, 2.05) is 0 Å². The van der Waals surface area contributed by atoms with Crippen LogP contribution in [-0.4, -0.2) is 137 Å². The third-order valence-electron chi connectivity index (χ3n) is 5.92. The van der Waals surface area contributed by atoms with E-state index in [1.165, 1.54) is 0 Å². The quantitative estimate of drug-likeness (QED) is 0.0348. The molecule has 0 aromatic carbocycles. The van der Waals surface area contributed by atoms with Crippen LogP contribution in [0.3, 0.4) is 0 Å².